The minimum atomic E-state index is 0.121. The summed E-state index contributed by atoms with van der Waals surface area (Å²) in [5.74, 6) is 0.841. The summed E-state index contributed by atoms with van der Waals surface area (Å²) < 4.78 is 5.23. The Hall–Kier alpha value is -1.94. The Labute approximate surface area is 128 Å². The molecule has 5 heteroatoms. The van der Waals surface area contributed by atoms with Gasteiger partial charge in [-0.1, -0.05) is 17.7 Å². The highest BCUT2D eigenvalue weighted by Crippen LogP contribution is 2.21. The van der Waals surface area contributed by atoms with Gasteiger partial charge < -0.3 is 14.2 Å². The minimum absolute atomic E-state index is 0.121. The van der Waals surface area contributed by atoms with Crippen molar-refractivity contribution in [1.82, 2.24) is 4.90 Å². The molecule has 1 saturated heterocycles. The first-order valence-corrected chi connectivity index (χ1v) is 7.41. The van der Waals surface area contributed by atoms with Crippen molar-refractivity contribution in [3.63, 3.8) is 0 Å². The third-order valence-corrected chi connectivity index (χ3v) is 3.95. The van der Waals surface area contributed by atoms with Crippen LogP contribution in [0.3, 0.4) is 0 Å². The van der Waals surface area contributed by atoms with Crippen LogP contribution in [-0.4, -0.2) is 37.0 Å². The quantitative estimate of drug-likeness (QED) is 0.875. The van der Waals surface area contributed by atoms with Gasteiger partial charge in [0.25, 0.3) is 0 Å². The van der Waals surface area contributed by atoms with Crippen LogP contribution in [0.5, 0.6) is 0 Å². The number of rotatable bonds is 3. The average Bonchev–Trinajstić information content (AvgIpc) is 3.00. The number of carbonyl (C=O) groups is 1. The molecule has 3 rings (SSSR count). The van der Waals surface area contributed by atoms with Crippen molar-refractivity contribution in [1.29, 1.82) is 0 Å². The van der Waals surface area contributed by atoms with Crippen molar-refractivity contribution in [3.05, 3.63) is 53.4 Å². The van der Waals surface area contributed by atoms with E-state index < -0.39 is 0 Å². The second-order valence-corrected chi connectivity index (χ2v) is 5.54. The van der Waals surface area contributed by atoms with Crippen LogP contribution in [-0.2, 0) is 11.2 Å². The van der Waals surface area contributed by atoms with E-state index in [9.17, 15) is 4.79 Å². The fourth-order valence-corrected chi connectivity index (χ4v) is 2.75. The lowest BCUT2D eigenvalue weighted by Gasteiger charge is -2.36. The smallest absolute Gasteiger partial charge is 0.230 e. The van der Waals surface area contributed by atoms with Crippen molar-refractivity contribution in [2.45, 2.75) is 6.42 Å². The Morgan fingerprint density at radius 1 is 1.14 bits per heavy atom. The number of benzene rings is 1. The summed E-state index contributed by atoms with van der Waals surface area (Å²) in [6.07, 6.45) is 1.93. The summed E-state index contributed by atoms with van der Waals surface area (Å²) in [6.45, 7) is 3.10. The van der Waals surface area contributed by atoms with Crippen LogP contribution in [0.4, 0.5) is 5.69 Å². The van der Waals surface area contributed by atoms with Crippen LogP contribution >= 0.6 is 11.6 Å². The average molecular weight is 305 g/mol. The lowest BCUT2D eigenvalue weighted by atomic mass is 10.2. The molecule has 1 aliphatic rings. The van der Waals surface area contributed by atoms with Crippen molar-refractivity contribution in [2.75, 3.05) is 31.1 Å². The summed E-state index contributed by atoms with van der Waals surface area (Å²) in [4.78, 5) is 16.3. The Balaban J connectivity index is 1.56. The number of anilines is 1. The number of halogens is 1. The second-order valence-electron chi connectivity index (χ2n) is 5.10. The molecule has 2 heterocycles. The maximum atomic E-state index is 12.2. The van der Waals surface area contributed by atoms with E-state index in [0.717, 1.165) is 42.6 Å². The van der Waals surface area contributed by atoms with Gasteiger partial charge in [-0.3, -0.25) is 4.79 Å². The van der Waals surface area contributed by atoms with Crippen LogP contribution in [0.2, 0.25) is 5.02 Å². The third kappa shape index (κ3) is 3.39. The molecular formula is C16H17ClN2O2. The zero-order valence-corrected chi connectivity index (χ0v) is 12.4. The van der Waals surface area contributed by atoms with Gasteiger partial charge in [0, 0.05) is 36.9 Å². The fraction of sp³-hybridized carbons (Fsp3) is 0.312. The van der Waals surface area contributed by atoms with Crippen LogP contribution in [0, 0.1) is 0 Å². The SMILES string of the molecule is O=C(Cc1ccco1)N1CCN(c2cccc(Cl)c2)CC1. The largest absolute Gasteiger partial charge is 0.469 e. The van der Waals surface area contributed by atoms with Gasteiger partial charge in [-0.2, -0.15) is 0 Å². The van der Waals surface area contributed by atoms with Gasteiger partial charge in [0.1, 0.15) is 5.76 Å². The van der Waals surface area contributed by atoms with Crippen molar-refractivity contribution >= 4 is 23.2 Å². The van der Waals surface area contributed by atoms with Crippen LogP contribution < -0.4 is 4.90 Å². The molecule has 1 aliphatic heterocycles. The Kier molecular flexibility index (Phi) is 4.15. The standard InChI is InChI=1S/C16H17ClN2O2/c17-13-3-1-4-14(11-13)18-6-8-19(9-7-18)16(20)12-15-5-2-10-21-15/h1-5,10-11H,6-9,12H2. The minimum Gasteiger partial charge on any atom is -0.469 e. The number of hydrogen-bond donors (Lipinski definition) is 0. The molecule has 0 radical (unpaired) electrons. The first-order valence-electron chi connectivity index (χ1n) is 7.03. The molecule has 1 aromatic heterocycles. The van der Waals surface area contributed by atoms with Gasteiger partial charge in [0.05, 0.1) is 12.7 Å². The highest BCUT2D eigenvalue weighted by atomic mass is 35.5. The highest BCUT2D eigenvalue weighted by molar-refractivity contribution is 6.30. The maximum Gasteiger partial charge on any atom is 0.230 e. The van der Waals surface area contributed by atoms with E-state index in [1.807, 2.05) is 35.2 Å². The van der Waals surface area contributed by atoms with Crippen LogP contribution in [0.25, 0.3) is 0 Å². The Bertz CT molecular complexity index is 604. The summed E-state index contributed by atoms with van der Waals surface area (Å²) in [5.41, 5.74) is 1.11. The molecule has 21 heavy (non-hydrogen) atoms. The lowest BCUT2D eigenvalue weighted by molar-refractivity contribution is -0.131. The molecule has 0 saturated carbocycles. The molecule has 1 amide bonds. The zero-order chi connectivity index (χ0) is 14.7. The Morgan fingerprint density at radius 3 is 2.62 bits per heavy atom. The number of carbonyl (C=O) groups excluding carboxylic acids is 1. The number of furan rings is 1. The van der Waals surface area contributed by atoms with E-state index in [-0.39, 0.29) is 5.91 Å². The van der Waals surface area contributed by atoms with Gasteiger partial charge in [-0.05, 0) is 30.3 Å². The van der Waals surface area contributed by atoms with Crippen LogP contribution in [0.15, 0.2) is 47.1 Å². The van der Waals surface area contributed by atoms with Gasteiger partial charge in [-0.15, -0.1) is 0 Å². The molecular weight excluding hydrogens is 288 g/mol. The van der Waals surface area contributed by atoms with Crippen molar-refractivity contribution < 1.29 is 9.21 Å². The van der Waals surface area contributed by atoms with Gasteiger partial charge in [0.15, 0.2) is 0 Å². The second kappa shape index (κ2) is 6.22. The predicted octanol–water partition coefficient (Wildman–Crippen LogP) is 2.82. The first-order chi connectivity index (χ1) is 10.2. The third-order valence-electron chi connectivity index (χ3n) is 3.71. The lowest BCUT2D eigenvalue weighted by Crippen LogP contribution is -2.49. The van der Waals surface area contributed by atoms with E-state index in [2.05, 4.69) is 4.90 Å². The summed E-state index contributed by atoms with van der Waals surface area (Å²) >= 11 is 6.02. The molecule has 0 atom stereocenters. The van der Waals surface area contributed by atoms with E-state index in [0.29, 0.717) is 6.42 Å². The monoisotopic (exact) mass is 304 g/mol. The molecule has 2 aromatic rings. The summed E-state index contributed by atoms with van der Waals surface area (Å²) in [7, 11) is 0. The van der Waals surface area contributed by atoms with Crippen LogP contribution in [0.1, 0.15) is 5.76 Å². The van der Waals surface area contributed by atoms with Gasteiger partial charge in [-0.25, -0.2) is 0 Å². The highest BCUT2D eigenvalue weighted by Gasteiger charge is 2.22. The Morgan fingerprint density at radius 2 is 1.95 bits per heavy atom. The van der Waals surface area contributed by atoms with E-state index >= 15 is 0 Å². The molecule has 0 bridgehead atoms. The molecule has 0 N–H and O–H groups in total. The van der Waals surface area contributed by atoms with E-state index in [4.69, 9.17) is 16.0 Å². The molecule has 1 aromatic carbocycles. The molecule has 110 valence electrons. The molecule has 4 nitrogen and oxygen atoms in total. The van der Waals surface area contributed by atoms with E-state index in [1.54, 1.807) is 12.3 Å². The molecule has 0 aliphatic carbocycles. The fourth-order valence-electron chi connectivity index (χ4n) is 2.56. The number of nitrogens with zero attached hydrogens (tertiary/aromatic N) is 2. The van der Waals surface area contributed by atoms with E-state index in [1.165, 1.54) is 0 Å². The predicted molar refractivity (Wildman–Crippen MR) is 82.7 cm³/mol. The summed E-state index contributed by atoms with van der Waals surface area (Å²) in [5, 5.41) is 0.740. The zero-order valence-electron chi connectivity index (χ0n) is 11.7. The normalized spacial score (nSPS) is 15.3. The molecule has 0 unspecified atom stereocenters. The topological polar surface area (TPSA) is 36.7 Å². The maximum absolute atomic E-state index is 12.2. The van der Waals surface area contributed by atoms with Gasteiger partial charge >= 0.3 is 0 Å². The number of hydrogen-bond acceptors (Lipinski definition) is 3. The van der Waals surface area contributed by atoms with Gasteiger partial charge in [0.2, 0.25) is 5.91 Å². The molecule has 1 fully saturated rings. The first kappa shape index (κ1) is 14.0. The number of piperazine rings is 1. The van der Waals surface area contributed by atoms with Crippen molar-refractivity contribution in [3.8, 4) is 0 Å². The number of amides is 1. The summed E-state index contributed by atoms with van der Waals surface area (Å²) in [6, 6.07) is 11.5. The molecule has 0 spiro atoms. The van der Waals surface area contributed by atoms with Crippen molar-refractivity contribution in [2.24, 2.45) is 0 Å².